The average molecular weight is 387 g/mol. The molecule has 4 heterocycles. The SMILES string of the molecule is O=C(NCc1ccncc1)C1CCCN(c2ncnc3c2oc2ccccc23)C1. The summed E-state index contributed by atoms with van der Waals surface area (Å²) in [6.45, 7) is 1.97. The van der Waals surface area contributed by atoms with Crippen molar-refractivity contribution < 1.29 is 9.21 Å². The number of fused-ring (bicyclic) bond motifs is 3. The molecule has 5 rings (SSSR count). The molecule has 0 aliphatic carbocycles. The van der Waals surface area contributed by atoms with Gasteiger partial charge in [0, 0.05) is 37.4 Å². The lowest BCUT2D eigenvalue weighted by molar-refractivity contribution is -0.125. The fourth-order valence-corrected chi connectivity index (χ4v) is 3.95. The first-order valence-electron chi connectivity index (χ1n) is 9.83. The molecule has 0 radical (unpaired) electrons. The van der Waals surface area contributed by atoms with Gasteiger partial charge in [0.2, 0.25) is 5.91 Å². The van der Waals surface area contributed by atoms with Gasteiger partial charge < -0.3 is 14.6 Å². The maximum absolute atomic E-state index is 12.7. The smallest absolute Gasteiger partial charge is 0.225 e. The van der Waals surface area contributed by atoms with Gasteiger partial charge in [0.1, 0.15) is 17.4 Å². The van der Waals surface area contributed by atoms with Crippen LogP contribution in [0.2, 0.25) is 0 Å². The van der Waals surface area contributed by atoms with E-state index in [2.05, 4.69) is 25.2 Å². The zero-order valence-electron chi connectivity index (χ0n) is 15.9. The van der Waals surface area contributed by atoms with Crippen molar-refractivity contribution in [3.05, 3.63) is 60.7 Å². The number of carbonyl (C=O) groups excluding carboxylic acids is 1. The molecule has 146 valence electrons. The predicted octanol–water partition coefficient (Wildman–Crippen LogP) is 3.30. The van der Waals surface area contributed by atoms with Crippen molar-refractivity contribution in [2.75, 3.05) is 18.0 Å². The van der Waals surface area contributed by atoms with Gasteiger partial charge in [-0.3, -0.25) is 9.78 Å². The molecular formula is C22H21N5O2. The number of anilines is 1. The van der Waals surface area contributed by atoms with E-state index < -0.39 is 0 Å². The standard InChI is InChI=1S/C22H21N5O2/c28-22(24-12-15-7-9-23-10-8-15)16-4-3-11-27(13-16)21-20-19(25-14-26-21)17-5-1-2-6-18(17)29-20/h1-2,5-10,14,16H,3-4,11-13H2,(H,24,28). The topological polar surface area (TPSA) is 84.2 Å². The summed E-state index contributed by atoms with van der Waals surface area (Å²) < 4.78 is 6.06. The molecule has 1 atom stereocenters. The molecule has 7 heteroatoms. The maximum Gasteiger partial charge on any atom is 0.225 e. The lowest BCUT2D eigenvalue weighted by atomic mass is 9.97. The molecule has 7 nitrogen and oxygen atoms in total. The van der Waals surface area contributed by atoms with Gasteiger partial charge in [0.05, 0.1) is 5.92 Å². The molecule has 0 bridgehead atoms. The zero-order chi connectivity index (χ0) is 19.6. The molecular weight excluding hydrogens is 366 g/mol. The van der Waals surface area contributed by atoms with Crippen LogP contribution < -0.4 is 10.2 Å². The third kappa shape index (κ3) is 3.40. The number of carbonyl (C=O) groups is 1. The summed E-state index contributed by atoms with van der Waals surface area (Å²) in [5.74, 6) is 0.749. The highest BCUT2D eigenvalue weighted by molar-refractivity contribution is 6.05. The van der Waals surface area contributed by atoms with E-state index in [1.54, 1.807) is 18.7 Å². The van der Waals surface area contributed by atoms with E-state index in [0.717, 1.165) is 47.3 Å². The average Bonchev–Trinajstić information content (AvgIpc) is 3.17. The Morgan fingerprint density at radius 2 is 2.03 bits per heavy atom. The van der Waals surface area contributed by atoms with Gasteiger partial charge in [-0.2, -0.15) is 0 Å². The summed E-state index contributed by atoms with van der Waals surface area (Å²) in [5, 5.41) is 4.03. The Labute approximate surface area is 167 Å². The van der Waals surface area contributed by atoms with Crippen LogP contribution in [0.5, 0.6) is 0 Å². The molecule has 1 aliphatic rings. The largest absolute Gasteiger partial charge is 0.450 e. The Kier molecular flexibility index (Phi) is 4.56. The molecule has 4 aromatic rings. The Morgan fingerprint density at radius 3 is 2.93 bits per heavy atom. The lowest BCUT2D eigenvalue weighted by Gasteiger charge is -2.32. The fraction of sp³-hybridized carbons (Fsp3) is 0.273. The highest BCUT2D eigenvalue weighted by atomic mass is 16.3. The number of para-hydroxylation sites is 1. The number of nitrogens with one attached hydrogen (secondary N) is 1. The number of piperidine rings is 1. The molecule has 1 fully saturated rings. The van der Waals surface area contributed by atoms with E-state index in [1.165, 1.54) is 0 Å². The van der Waals surface area contributed by atoms with Crippen LogP contribution in [-0.4, -0.2) is 33.9 Å². The number of rotatable bonds is 4. The molecule has 1 N–H and O–H groups in total. The highest BCUT2D eigenvalue weighted by Gasteiger charge is 2.28. The second kappa shape index (κ2) is 7.50. The summed E-state index contributed by atoms with van der Waals surface area (Å²) >= 11 is 0. The van der Waals surface area contributed by atoms with Crippen molar-refractivity contribution in [3.63, 3.8) is 0 Å². The van der Waals surface area contributed by atoms with Crippen molar-refractivity contribution in [3.8, 4) is 0 Å². The number of hydrogen-bond acceptors (Lipinski definition) is 6. The summed E-state index contributed by atoms with van der Waals surface area (Å²) in [4.78, 5) is 27.8. The quantitative estimate of drug-likeness (QED) is 0.578. The fourth-order valence-electron chi connectivity index (χ4n) is 3.95. The molecule has 0 saturated carbocycles. The minimum atomic E-state index is -0.0834. The monoisotopic (exact) mass is 387 g/mol. The molecule has 1 saturated heterocycles. The number of benzene rings is 1. The van der Waals surface area contributed by atoms with Gasteiger partial charge >= 0.3 is 0 Å². The van der Waals surface area contributed by atoms with Gasteiger partial charge in [-0.25, -0.2) is 9.97 Å². The Hall–Kier alpha value is -3.48. The first-order valence-corrected chi connectivity index (χ1v) is 9.83. The first kappa shape index (κ1) is 17.6. The van der Waals surface area contributed by atoms with Crippen LogP contribution in [0.4, 0.5) is 5.82 Å². The minimum Gasteiger partial charge on any atom is -0.450 e. The van der Waals surface area contributed by atoms with Crippen LogP contribution in [0.1, 0.15) is 18.4 Å². The molecule has 1 amide bonds. The van der Waals surface area contributed by atoms with E-state index in [-0.39, 0.29) is 11.8 Å². The van der Waals surface area contributed by atoms with E-state index in [0.29, 0.717) is 18.7 Å². The number of amides is 1. The summed E-state index contributed by atoms with van der Waals surface area (Å²) in [6.07, 6.45) is 6.84. The van der Waals surface area contributed by atoms with Crippen molar-refractivity contribution in [1.29, 1.82) is 0 Å². The molecule has 0 spiro atoms. The molecule has 1 aromatic carbocycles. The van der Waals surface area contributed by atoms with E-state index in [1.807, 2.05) is 36.4 Å². The van der Waals surface area contributed by atoms with Crippen molar-refractivity contribution >= 4 is 33.8 Å². The zero-order valence-corrected chi connectivity index (χ0v) is 15.9. The van der Waals surface area contributed by atoms with Gasteiger partial charge in [-0.05, 0) is 42.7 Å². The molecule has 1 aliphatic heterocycles. The van der Waals surface area contributed by atoms with Crippen LogP contribution in [-0.2, 0) is 11.3 Å². The predicted molar refractivity (Wildman–Crippen MR) is 110 cm³/mol. The molecule has 3 aromatic heterocycles. The van der Waals surface area contributed by atoms with Crippen LogP contribution in [0, 0.1) is 5.92 Å². The Morgan fingerprint density at radius 1 is 1.17 bits per heavy atom. The summed E-state index contributed by atoms with van der Waals surface area (Å²) in [5.41, 5.74) is 3.34. The van der Waals surface area contributed by atoms with E-state index >= 15 is 0 Å². The number of hydrogen-bond donors (Lipinski definition) is 1. The third-order valence-corrected chi connectivity index (χ3v) is 5.45. The van der Waals surface area contributed by atoms with Gasteiger partial charge in [-0.1, -0.05) is 12.1 Å². The van der Waals surface area contributed by atoms with E-state index in [4.69, 9.17) is 4.42 Å². The number of pyridine rings is 1. The summed E-state index contributed by atoms with van der Waals surface area (Å²) in [6, 6.07) is 11.7. The van der Waals surface area contributed by atoms with Gasteiger partial charge in [0.15, 0.2) is 11.4 Å². The van der Waals surface area contributed by atoms with Gasteiger partial charge in [0.25, 0.3) is 0 Å². The van der Waals surface area contributed by atoms with Crippen molar-refractivity contribution in [2.45, 2.75) is 19.4 Å². The van der Waals surface area contributed by atoms with Crippen LogP contribution in [0.25, 0.3) is 22.1 Å². The van der Waals surface area contributed by atoms with Crippen molar-refractivity contribution in [1.82, 2.24) is 20.3 Å². The van der Waals surface area contributed by atoms with Crippen LogP contribution in [0.15, 0.2) is 59.5 Å². The number of furan rings is 1. The molecule has 1 unspecified atom stereocenters. The molecule has 29 heavy (non-hydrogen) atoms. The third-order valence-electron chi connectivity index (χ3n) is 5.45. The maximum atomic E-state index is 12.7. The first-order chi connectivity index (χ1) is 14.3. The van der Waals surface area contributed by atoms with E-state index in [9.17, 15) is 4.79 Å². The van der Waals surface area contributed by atoms with Gasteiger partial charge in [-0.15, -0.1) is 0 Å². The lowest BCUT2D eigenvalue weighted by Crippen LogP contribution is -2.43. The second-order valence-corrected chi connectivity index (χ2v) is 7.33. The highest BCUT2D eigenvalue weighted by Crippen LogP contribution is 2.33. The van der Waals surface area contributed by atoms with Crippen LogP contribution >= 0.6 is 0 Å². The van der Waals surface area contributed by atoms with Crippen LogP contribution in [0.3, 0.4) is 0 Å². The summed E-state index contributed by atoms with van der Waals surface area (Å²) in [7, 11) is 0. The Balaban J connectivity index is 1.36. The normalized spacial score (nSPS) is 17.0. The number of aromatic nitrogens is 3. The van der Waals surface area contributed by atoms with Crippen molar-refractivity contribution in [2.24, 2.45) is 5.92 Å². The minimum absolute atomic E-state index is 0.0708. The second-order valence-electron chi connectivity index (χ2n) is 7.33. The Bertz CT molecular complexity index is 1160. The number of nitrogens with zero attached hydrogens (tertiary/aromatic N) is 4.